The number of aromatic nitrogens is 13. The molecule has 7 fully saturated rings. The third-order valence-electron chi connectivity index (χ3n) is 20.7. The molecular formula is C73H71ClF4N16O14S3. The number of ether oxygens (including phenoxy) is 7. The van der Waals surface area contributed by atoms with Crippen molar-refractivity contribution in [1.82, 2.24) is 68.4 Å². The van der Waals surface area contributed by atoms with Gasteiger partial charge in [0.25, 0.3) is 0 Å². The first-order valence-electron chi connectivity index (χ1n) is 35.3. The first kappa shape index (κ1) is 74.8. The molecule has 0 spiro atoms. The molecule has 1 amide bonds. The maximum absolute atomic E-state index is 14.9. The van der Waals surface area contributed by atoms with Gasteiger partial charge in [0.2, 0.25) is 29.5 Å². The average molecular weight is 1600 g/mol. The van der Waals surface area contributed by atoms with Gasteiger partial charge in [-0.15, -0.1) is 0 Å². The number of nitrogens with zero attached hydrogens (tertiary/aromatic N) is 16. The Hall–Kier alpha value is -10.3. The van der Waals surface area contributed by atoms with Crippen molar-refractivity contribution < 1.29 is 80.8 Å². The van der Waals surface area contributed by atoms with E-state index in [9.17, 15) is 47.6 Å². The van der Waals surface area contributed by atoms with E-state index in [0.29, 0.717) is 147 Å². The highest BCUT2D eigenvalue weighted by molar-refractivity contribution is 7.91. The van der Waals surface area contributed by atoms with Crippen molar-refractivity contribution in [3.05, 3.63) is 163 Å². The number of anilines is 2. The molecule has 6 atom stereocenters. The summed E-state index contributed by atoms with van der Waals surface area (Å²) in [6, 6.07) is 16.6. The van der Waals surface area contributed by atoms with Crippen LogP contribution in [0.25, 0.3) is 50.2 Å². The van der Waals surface area contributed by atoms with Crippen LogP contribution in [0.5, 0.6) is 17.6 Å². The number of fused-ring (bicyclic) bond motifs is 9. The molecule has 8 aromatic heterocycles. The van der Waals surface area contributed by atoms with Gasteiger partial charge in [-0.2, -0.15) is 0 Å². The fourth-order valence-electron chi connectivity index (χ4n) is 15.0. The van der Waals surface area contributed by atoms with E-state index in [0.717, 1.165) is 62.2 Å². The molecule has 18 rings (SSSR count). The summed E-state index contributed by atoms with van der Waals surface area (Å²) in [5.74, 6) is -0.353. The van der Waals surface area contributed by atoms with Crippen molar-refractivity contribution in [2.75, 3.05) is 107 Å². The zero-order chi connectivity index (χ0) is 77.4. The number of benzene rings is 3. The fraction of sp³-hybridized carbons (Fsp3) is 0.384. The number of carbonyl (C=O) groups excluding carboxylic acids is 1. The summed E-state index contributed by atoms with van der Waals surface area (Å²) >= 11 is 5.94. The lowest BCUT2D eigenvalue weighted by Crippen LogP contribution is -2.59. The molecule has 7 aliphatic rings. The van der Waals surface area contributed by atoms with Crippen LogP contribution in [-0.4, -0.2) is 221 Å². The smallest absolute Gasteiger partial charge is 0.410 e. The molecule has 6 unspecified atom stereocenters. The molecule has 0 radical (unpaired) electrons. The van der Waals surface area contributed by atoms with Crippen LogP contribution in [0.4, 0.5) is 34.3 Å². The summed E-state index contributed by atoms with van der Waals surface area (Å²) in [6.07, 6.45) is 18.5. The van der Waals surface area contributed by atoms with E-state index in [1.165, 1.54) is 64.5 Å². The number of rotatable bonds is 15. The molecule has 6 aliphatic heterocycles. The maximum atomic E-state index is 14.9. The normalized spacial score (nSPS) is 22.7. The van der Waals surface area contributed by atoms with E-state index < -0.39 is 52.8 Å². The highest BCUT2D eigenvalue weighted by Crippen LogP contribution is 2.42. The van der Waals surface area contributed by atoms with Crippen molar-refractivity contribution in [1.29, 1.82) is 0 Å². The molecular weight excluding hydrogens is 1530 g/mol. The third-order valence-corrected chi connectivity index (χ3v) is 24.3. The molecule has 1 aliphatic carbocycles. The molecule has 6 saturated heterocycles. The third kappa shape index (κ3) is 15.5. The highest BCUT2D eigenvalue weighted by Gasteiger charge is 2.49. The van der Waals surface area contributed by atoms with E-state index in [2.05, 4.69) is 54.7 Å². The highest BCUT2D eigenvalue weighted by atomic mass is 35.5. The Bertz CT molecular complexity index is 5480. The summed E-state index contributed by atoms with van der Waals surface area (Å²) < 4.78 is 176. The number of amides is 1. The minimum absolute atomic E-state index is 0.00534. The SMILES string of the molecule is CC1(OC(=O)N2CC3COCC(C2)C3Oc2ncnc3c2ccn3-c2ccc(S(C)(=O)=O)cc2F)CC1.CS(=O)(=O)c1ccc(-n2ccc3c(OC4C5COCC4CN(c4ncc(Cl)cn4)C5)ncnc32)c(F)c1.CS(=O)(=O)c1ccc(-n2ccc3c(OC4C5COCC4CN(c4ncc(F)cn4)C5)ncnc32)c(F)c1. The summed E-state index contributed by atoms with van der Waals surface area (Å²) in [6.45, 7) is 8.22. The summed E-state index contributed by atoms with van der Waals surface area (Å²) in [5, 5.41) is 2.29. The summed E-state index contributed by atoms with van der Waals surface area (Å²) in [7, 11) is -10.6. The molecule has 0 N–H and O–H groups in total. The van der Waals surface area contributed by atoms with Crippen LogP contribution in [0, 0.1) is 58.8 Å². The minimum atomic E-state index is -3.54. The van der Waals surface area contributed by atoms with E-state index in [1.54, 1.807) is 58.7 Å². The molecule has 11 aromatic rings. The van der Waals surface area contributed by atoms with Crippen LogP contribution in [0.3, 0.4) is 0 Å². The second-order valence-corrected chi connectivity index (χ2v) is 35.3. The van der Waals surface area contributed by atoms with Crippen LogP contribution in [0.2, 0.25) is 5.02 Å². The summed E-state index contributed by atoms with van der Waals surface area (Å²) in [4.78, 5) is 61.3. The van der Waals surface area contributed by atoms with Crippen LogP contribution in [-0.2, 0) is 48.5 Å². The fourth-order valence-corrected chi connectivity index (χ4v) is 17.0. The van der Waals surface area contributed by atoms with E-state index in [-0.39, 0.29) is 97.3 Å². The standard InChI is InChI=1S/C25H27FN4O6S.C24H22ClFN6O4S.C24H22F2N6O4S/c1-25(6-7-25)36-24(31)29-10-15-12-34-13-16(11-29)21(15)35-23-18-5-8-30(22(18)27-14-28-23)20-4-3-17(9-19(20)26)37(2,32)33;2*1-37(33,34)17-2-3-20(19(26)6-17)32-5-4-18-22(32)29-13-30-23(18)36-21-14-9-31(10-15(21)12-35-11-14)24-27-7-16(25)8-28-24/h3-5,8-9,14-16,21H,6-7,10-13H2,1-2H3;2*2-8,13-15,21H,9-12H2,1H3. The van der Waals surface area contributed by atoms with Crippen LogP contribution < -0.4 is 24.0 Å². The second kappa shape index (κ2) is 29.7. The predicted molar refractivity (Wildman–Crippen MR) is 392 cm³/mol. The molecule has 3 aromatic carbocycles. The molecule has 1 saturated carbocycles. The number of carbonyl (C=O) groups is 1. The predicted octanol–water partition coefficient (Wildman–Crippen LogP) is 8.34. The Labute approximate surface area is 637 Å². The van der Waals surface area contributed by atoms with Gasteiger partial charge in [-0.3, -0.25) is 13.7 Å². The van der Waals surface area contributed by atoms with Crippen molar-refractivity contribution in [2.45, 2.75) is 58.4 Å². The van der Waals surface area contributed by atoms with Crippen molar-refractivity contribution >= 4 is 92.2 Å². The lowest BCUT2D eigenvalue weighted by Gasteiger charge is -2.46. The van der Waals surface area contributed by atoms with Gasteiger partial charge in [0.15, 0.2) is 52.3 Å². The number of hydrogen-bond donors (Lipinski definition) is 0. The molecule has 111 heavy (non-hydrogen) atoms. The van der Waals surface area contributed by atoms with E-state index in [4.69, 9.17) is 44.8 Å². The van der Waals surface area contributed by atoms with Gasteiger partial charge >= 0.3 is 6.09 Å². The van der Waals surface area contributed by atoms with Crippen LogP contribution >= 0.6 is 11.6 Å². The quantitative estimate of drug-likeness (QED) is 0.0870. The summed E-state index contributed by atoms with van der Waals surface area (Å²) in [5.41, 5.74) is 1.46. The lowest BCUT2D eigenvalue weighted by atomic mass is 9.84. The van der Waals surface area contributed by atoms with Crippen molar-refractivity contribution in [3.63, 3.8) is 0 Å². The first-order valence-corrected chi connectivity index (χ1v) is 41.3. The Morgan fingerprint density at radius 3 is 1.07 bits per heavy atom. The Kier molecular flexibility index (Phi) is 20.0. The average Bonchev–Trinajstić information content (AvgIpc) is 1.58. The van der Waals surface area contributed by atoms with E-state index in [1.807, 2.05) is 11.8 Å². The van der Waals surface area contributed by atoms with Gasteiger partial charge < -0.3 is 47.9 Å². The number of likely N-dealkylation sites (tertiary alicyclic amines) is 1. The number of halogens is 5. The van der Waals surface area contributed by atoms with Gasteiger partial charge in [0.1, 0.15) is 60.3 Å². The zero-order valence-corrected chi connectivity index (χ0v) is 63.0. The number of hydrogen-bond acceptors (Lipinski definition) is 26. The zero-order valence-electron chi connectivity index (χ0n) is 59.8. The first-order chi connectivity index (χ1) is 53.2. The van der Waals surface area contributed by atoms with Gasteiger partial charge in [-0.05, 0) is 92.6 Å². The van der Waals surface area contributed by atoms with Gasteiger partial charge in [-0.1, -0.05) is 11.6 Å². The van der Waals surface area contributed by atoms with Gasteiger partial charge in [-0.25, -0.2) is 97.4 Å². The topological polar surface area (TPSA) is 338 Å². The number of sulfone groups is 3. The Morgan fingerprint density at radius 2 is 0.766 bits per heavy atom. The van der Waals surface area contributed by atoms with Crippen molar-refractivity contribution in [2.24, 2.45) is 35.5 Å². The molecule has 580 valence electrons. The van der Waals surface area contributed by atoms with Crippen molar-refractivity contribution in [3.8, 4) is 34.7 Å². The van der Waals surface area contributed by atoms with Gasteiger partial charge in [0.05, 0.1) is 117 Å². The molecule has 6 bridgehead atoms. The van der Waals surface area contributed by atoms with E-state index >= 15 is 0 Å². The van der Waals surface area contributed by atoms with Crippen LogP contribution in [0.15, 0.2) is 150 Å². The lowest BCUT2D eigenvalue weighted by molar-refractivity contribution is -0.111. The minimum Gasteiger partial charge on any atom is -0.473 e. The maximum Gasteiger partial charge on any atom is 0.410 e. The number of piperidine rings is 3. The molecule has 38 heteroatoms. The molecule has 30 nitrogen and oxygen atoms in total. The Morgan fingerprint density at radius 1 is 0.450 bits per heavy atom. The van der Waals surface area contributed by atoms with Crippen LogP contribution in [0.1, 0.15) is 19.8 Å². The Balaban J connectivity index is 0.000000126. The largest absolute Gasteiger partial charge is 0.473 e. The second-order valence-electron chi connectivity index (χ2n) is 28.8. The van der Waals surface area contributed by atoms with Gasteiger partial charge in [0, 0.05) is 112 Å². The monoisotopic (exact) mass is 1600 g/mol. The molecule has 14 heterocycles.